The van der Waals surface area contributed by atoms with Gasteiger partial charge in [0, 0.05) is 4.75 Å². The molecule has 2 atom stereocenters. The Balaban J connectivity index is 2.41. The fourth-order valence-electron chi connectivity index (χ4n) is 1.79. The highest BCUT2D eigenvalue weighted by molar-refractivity contribution is 7.81. The minimum Gasteiger partial charge on any atom is -0.173 e. The zero-order valence-corrected chi connectivity index (χ0v) is 7.25. The molecule has 1 aliphatic carbocycles. The molecule has 0 N–H and O–H groups in total. The standard InChI is InChI=1S/C8H16S/c1-7-4-3-5-8(2,9)6-7/h7,9H,3-6H2,1-2H3. The summed E-state index contributed by atoms with van der Waals surface area (Å²) < 4.78 is 0.345. The second-order valence-electron chi connectivity index (χ2n) is 3.70. The van der Waals surface area contributed by atoms with E-state index in [1.165, 1.54) is 25.7 Å². The van der Waals surface area contributed by atoms with E-state index in [4.69, 9.17) is 0 Å². The molecule has 0 saturated heterocycles. The molecule has 0 aliphatic heterocycles. The van der Waals surface area contributed by atoms with E-state index >= 15 is 0 Å². The molecule has 0 aromatic heterocycles. The Morgan fingerprint density at radius 3 is 2.56 bits per heavy atom. The van der Waals surface area contributed by atoms with E-state index in [1.807, 2.05) is 0 Å². The van der Waals surface area contributed by atoms with Crippen LogP contribution in [-0.2, 0) is 0 Å². The van der Waals surface area contributed by atoms with Crippen LogP contribution in [0.1, 0.15) is 39.5 Å². The Hall–Kier alpha value is 0.350. The molecule has 0 aromatic carbocycles. The van der Waals surface area contributed by atoms with Crippen molar-refractivity contribution in [2.45, 2.75) is 44.3 Å². The van der Waals surface area contributed by atoms with E-state index < -0.39 is 0 Å². The fraction of sp³-hybridized carbons (Fsp3) is 1.00. The molecular weight excluding hydrogens is 128 g/mol. The second kappa shape index (κ2) is 2.53. The van der Waals surface area contributed by atoms with Crippen molar-refractivity contribution < 1.29 is 0 Å². The van der Waals surface area contributed by atoms with Crippen molar-refractivity contribution in [1.29, 1.82) is 0 Å². The first-order valence-electron chi connectivity index (χ1n) is 3.82. The lowest BCUT2D eigenvalue weighted by atomic mass is 9.83. The Bertz CT molecular complexity index is 96.7. The molecule has 0 aromatic rings. The van der Waals surface area contributed by atoms with Crippen LogP contribution < -0.4 is 0 Å². The molecule has 1 aliphatic rings. The van der Waals surface area contributed by atoms with Crippen LogP contribution in [0.4, 0.5) is 0 Å². The third-order valence-corrected chi connectivity index (χ3v) is 2.61. The quantitative estimate of drug-likeness (QED) is 0.497. The molecule has 1 rings (SSSR count). The molecule has 0 bridgehead atoms. The largest absolute Gasteiger partial charge is 0.173 e. The van der Waals surface area contributed by atoms with Gasteiger partial charge in [-0.3, -0.25) is 0 Å². The van der Waals surface area contributed by atoms with Crippen LogP contribution in [0.2, 0.25) is 0 Å². The SMILES string of the molecule is CC1CCCC(C)(S)C1. The van der Waals surface area contributed by atoms with E-state index in [0.29, 0.717) is 4.75 Å². The normalized spacial score (nSPS) is 45.0. The van der Waals surface area contributed by atoms with Gasteiger partial charge in [-0.15, -0.1) is 0 Å². The number of rotatable bonds is 0. The van der Waals surface area contributed by atoms with Crippen LogP contribution in [0, 0.1) is 5.92 Å². The summed E-state index contributed by atoms with van der Waals surface area (Å²) in [5.41, 5.74) is 0. The lowest BCUT2D eigenvalue weighted by Crippen LogP contribution is -2.24. The van der Waals surface area contributed by atoms with Crippen molar-refractivity contribution in [2.24, 2.45) is 5.92 Å². The van der Waals surface area contributed by atoms with Crippen molar-refractivity contribution in [3.05, 3.63) is 0 Å². The topological polar surface area (TPSA) is 0 Å². The molecule has 0 amide bonds. The maximum Gasteiger partial charge on any atom is 0.0104 e. The lowest BCUT2D eigenvalue weighted by molar-refractivity contribution is 0.331. The number of thiol groups is 1. The van der Waals surface area contributed by atoms with Gasteiger partial charge >= 0.3 is 0 Å². The van der Waals surface area contributed by atoms with Gasteiger partial charge in [-0.05, 0) is 18.8 Å². The van der Waals surface area contributed by atoms with Crippen LogP contribution >= 0.6 is 12.6 Å². The third-order valence-electron chi connectivity index (χ3n) is 2.20. The summed E-state index contributed by atoms with van der Waals surface area (Å²) in [6.07, 6.45) is 5.40. The first-order chi connectivity index (χ1) is 4.10. The van der Waals surface area contributed by atoms with Crippen LogP contribution in [0.15, 0.2) is 0 Å². The van der Waals surface area contributed by atoms with Gasteiger partial charge in [-0.2, -0.15) is 12.6 Å². The van der Waals surface area contributed by atoms with Crippen molar-refractivity contribution >= 4 is 12.6 Å². The van der Waals surface area contributed by atoms with E-state index in [2.05, 4.69) is 26.5 Å². The van der Waals surface area contributed by atoms with Gasteiger partial charge in [-0.1, -0.05) is 26.7 Å². The minimum absolute atomic E-state index is 0.345. The zero-order chi connectivity index (χ0) is 6.91. The predicted octanol–water partition coefficient (Wildman–Crippen LogP) is 2.89. The summed E-state index contributed by atoms with van der Waals surface area (Å²) in [5.74, 6) is 0.904. The monoisotopic (exact) mass is 144 g/mol. The van der Waals surface area contributed by atoms with Gasteiger partial charge in [0.05, 0.1) is 0 Å². The maximum atomic E-state index is 4.58. The third kappa shape index (κ3) is 2.21. The smallest absolute Gasteiger partial charge is 0.0104 e. The molecule has 1 fully saturated rings. The second-order valence-corrected chi connectivity index (χ2v) is 4.78. The highest BCUT2D eigenvalue weighted by atomic mass is 32.1. The van der Waals surface area contributed by atoms with Gasteiger partial charge in [0.25, 0.3) is 0 Å². The highest BCUT2D eigenvalue weighted by Gasteiger charge is 2.25. The Morgan fingerprint density at radius 1 is 1.56 bits per heavy atom. The number of hydrogen-bond donors (Lipinski definition) is 1. The van der Waals surface area contributed by atoms with Gasteiger partial charge in [0.1, 0.15) is 0 Å². The molecule has 0 radical (unpaired) electrons. The van der Waals surface area contributed by atoms with Crippen LogP contribution in [0.3, 0.4) is 0 Å². The molecule has 0 nitrogen and oxygen atoms in total. The van der Waals surface area contributed by atoms with Crippen molar-refractivity contribution in [2.75, 3.05) is 0 Å². The average Bonchev–Trinajstić information content (AvgIpc) is 1.60. The van der Waals surface area contributed by atoms with E-state index in [0.717, 1.165) is 5.92 Å². The summed E-state index contributed by atoms with van der Waals surface area (Å²) in [5, 5.41) is 0. The van der Waals surface area contributed by atoms with Crippen LogP contribution in [0.25, 0.3) is 0 Å². The molecule has 1 saturated carbocycles. The summed E-state index contributed by atoms with van der Waals surface area (Å²) in [7, 11) is 0. The van der Waals surface area contributed by atoms with E-state index in [1.54, 1.807) is 0 Å². The molecule has 0 spiro atoms. The van der Waals surface area contributed by atoms with Crippen LogP contribution in [0.5, 0.6) is 0 Å². The molecule has 54 valence electrons. The molecule has 0 heterocycles. The van der Waals surface area contributed by atoms with Gasteiger partial charge in [0.2, 0.25) is 0 Å². The Morgan fingerprint density at radius 2 is 2.22 bits per heavy atom. The summed E-state index contributed by atoms with van der Waals surface area (Å²) in [6.45, 7) is 4.58. The van der Waals surface area contributed by atoms with Gasteiger partial charge in [0.15, 0.2) is 0 Å². The van der Waals surface area contributed by atoms with Crippen molar-refractivity contribution in [1.82, 2.24) is 0 Å². The van der Waals surface area contributed by atoms with Gasteiger partial charge in [-0.25, -0.2) is 0 Å². The minimum atomic E-state index is 0.345. The lowest BCUT2D eigenvalue weighted by Gasteiger charge is -2.32. The number of hydrogen-bond acceptors (Lipinski definition) is 1. The zero-order valence-electron chi connectivity index (χ0n) is 6.35. The molecule has 1 heteroatoms. The van der Waals surface area contributed by atoms with Gasteiger partial charge < -0.3 is 0 Å². The highest BCUT2D eigenvalue weighted by Crippen LogP contribution is 2.36. The van der Waals surface area contributed by atoms with E-state index in [-0.39, 0.29) is 0 Å². The Labute approximate surface area is 63.4 Å². The maximum absolute atomic E-state index is 4.58. The molecule has 2 unspecified atom stereocenters. The summed E-state index contributed by atoms with van der Waals surface area (Å²) in [4.78, 5) is 0. The van der Waals surface area contributed by atoms with E-state index in [9.17, 15) is 0 Å². The first-order valence-corrected chi connectivity index (χ1v) is 4.27. The summed E-state index contributed by atoms with van der Waals surface area (Å²) >= 11 is 4.58. The van der Waals surface area contributed by atoms with Crippen LogP contribution in [-0.4, -0.2) is 4.75 Å². The molecule has 9 heavy (non-hydrogen) atoms. The Kier molecular flexibility index (Phi) is 2.10. The summed E-state index contributed by atoms with van der Waals surface area (Å²) in [6, 6.07) is 0. The van der Waals surface area contributed by atoms with Crippen molar-refractivity contribution in [3.8, 4) is 0 Å². The predicted molar refractivity (Wildman–Crippen MR) is 45.0 cm³/mol. The van der Waals surface area contributed by atoms with Crippen molar-refractivity contribution in [3.63, 3.8) is 0 Å². The fourth-order valence-corrected chi connectivity index (χ4v) is 2.26. The molecular formula is C8H16S. The first kappa shape index (κ1) is 7.46. The average molecular weight is 144 g/mol.